The Hall–Kier alpha value is -2.31. The van der Waals surface area contributed by atoms with Crippen LogP contribution in [0.5, 0.6) is 0 Å². The molecule has 0 atom stereocenters. The number of likely N-dealkylation sites (tertiary alicyclic amines) is 1. The fraction of sp³-hybridized carbons (Fsp3) is 0.435. The predicted molar refractivity (Wildman–Crippen MR) is 108 cm³/mol. The quantitative estimate of drug-likeness (QED) is 0.806. The number of nitrogens with zero attached hydrogens (tertiary/aromatic N) is 2. The molecule has 0 unspecified atom stereocenters. The Morgan fingerprint density at radius 3 is 1.86 bits per heavy atom. The Morgan fingerprint density at radius 1 is 1.00 bits per heavy atom. The van der Waals surface area contributed by atoms with Gasteiger partial charge in [-0.1, -0.05) is 24.3 Å². The minimum atomic E-state index is -1.33. The molecule has 6 heteroatoms. The molecule has 1 saturated heterocycles. The zero-order chi connectivity index (χ0) is 21.0. The molecule has 0 radical (unpaired) electrons. The average Bonchev–Trinajstić information content (AvgIpc) is 2.72. The molecule has 1 N–H and O–H groups in total. The smallest absolute Gasteiger partial charge is 0.223 e. The van der Waals surface area contributed by atoms with Crippen LogP contribution in [0.2, 0.25) is 0 Å². The third-order valence-corrected chi connectivity index (χ3v) is 5.89. The molecule has 1 aliphatic rings. The summed E-state index contributed by atoms with van der Waals surface area (Å²) in [4.78, 5) is 15.7. The number of benzene rings is 2. The summed E-state index contributed by atoms with van der Waals surface area (Å²) in [6.45, 7) is 2.21. The lowest BCUT2D eigenvalue weighted by Gasteiger charge is -2.42. The summed E-state index contributed by atoms with van der Waals surface area (Å²) >= 11 is 0. The Morgan fingerprint density at radius 2 is 1.45 bits per heavy atom. The summed E-state index contributed by atoms with van der Waals surface area (Å²) in [5.74, 6) is -0.730. The van der Waals surface area contributed by atoms with E-state index in [0.717, 1.165) is 25.9 Å². The van der Waals surface area contributed by atoms with Crippen molar-refractivity contribution < 1.29 is 18.7 Å². The van der Waals surface area contributed by atoms with Gasteiger partial charge in [-0.05, 0) is 67.2 Å². The molecule has 0 bridgehead atoms. The lowest BCUT2D eigenvalue weighted by atomic mass is 9.72. The van der Waals surface area contributed by atoms with Crippen LogP contribution in [0.25, 0.3) is 0 Å². The number of piperidine rings is 1. The van der Waals surface area contributed by atoms with Crippen LogP contribution in [0.15, 0.2) is 48.5 Å². The fourth-order valence-electron chi connectivity index (χ4n) is 4.10. The molecular weight excluding hydrogens is 374 g/mol. The van der Waals surface area contributed by atoms with Crippen molar-refractivity contribution in [2.24, 2.45) is 5.92 Å². The first-order chi connectivity index (χ1) is 13.8. The molecule has 4 nitrogen and oxygen atoms in total. The Labute approximate surface area is 170 Å². The van der Waals surface area contributed by atoms with Crippen LogP contribution in [-0.2, 0) is 10.4 Å². The molecule has 29 heavy (non-hydrogen) atoms. The van der Waals surface area contributed by atoms with Crippen molar-refractivity contribution in [3.8, 4) is 0 Å². The predicted octanol–water partition coefficient (Wildman–Crippen LogP) is 3.39. The van der Waals surface area contributed by atoms with Gasteiger partial charge in [-0.15, -0.1) is 0 Å². The second-order valence-corrected chi connectivity index (χ2v) is 7.93. The minimum absolute atomic E-state index is 0.0979. The van der Waals surface area contributed by atoms with E-state index in [1.807, 2.05) is 0 Å². The summed E-state index contributed by atoms with van der Waals surface area (Å²) in [6.07, 6.45) is 1.92. The van der Waals surface area contributed by atoms with Crippen LogP contribution in [0.4, 0.5) is 8.78 Å². The highest BCUT2D eigenvalue weighted by atomic mass is 19.1. The summed E-state index contributed by atoms with van der Waals surface area (Å²) in [7, 11) is 3.50. The SMILES string of the molecule is CN(C)C(=O)CCN1CCC(C(O)(c2ccc(F)cc2)c2ccc(F)cc2)CC1. The molecule has 1 fully saturated rings. The van der Waals surface area contributed by atoms with Crippen LogP contribution in [0.1, 0.15) is 30.4 Å². The Balaban J connectivity index is 1.78. The van der Waals surface area contributed by atoms with E-state index >= 15 is 0 Å². The number of carbonyl (C=O) groups is 1. The van der Waals surface area contributed by atoms with Crippen molar-refractivity contribution in [3.63, 3.8) is 0 Å². The van der Waals surface area contributed by atoms with Gasteiger partial charge < -0.3 is 14.9 Å². The van der Waals surface area contributed by atoms with Gasteiger partial charge >= 0.3 is 0 Å². The fourth-order valence-corrected chi connectivity index (χ4v) is 4.10. The molecule has 0 aliphatic carbocycles. The van der Waals surface area contributed by atoms with E-state index in [2.05, 4.69) is 4.90 Å². The van der Waals surface area contributed by atoms with E-state index in [-0.39, 0.29) is 23.5 Å². The van der Waals surface area contributed by atoms with E-state index in [1.54, 1.807) is 43.3 Å². The van der Waals surface area contributed by atoms with Gasteiger partial charge in [0.2, 0.25) is 5.91 Å². The number of hydrogen-bond acceptors (Lipinski definition) is 3. The second kappa shape index (κ2) is 9.01. The highest BCUT2D eigenvalue weighted by Gasteiger charge is 2.41. The maximum atomic E-state index is 13.5. The van der Waals surface area contributed by atoms with E-state index in [0.29, 0.717) is 24.1 Å². The minimum Gasteiger partial charge on any atom is -0.380 e. The molecule has 1 heterocycles. The second-order valence-electron chi connectivity index (χ2n) is 7.93. The molecule has 3 rings (SSSR count). The van der Waals surface area contributed by atoms with Crippen molar-refractivity contribution in [1.29, 1.82) is 0 Å². The van der Waals surface area contributed by atoms with Crippen LogP contribution >= 0.6 is 0 Å². The zero-order valence-electron chi connectivity index (χ0n) is 16.9. The zero-order valence-corrected chi connectivity index (χ0v) is 16.9. The molecule has 0 aromatic heterocycles. The van der Waals surface area contributed by atoms with Crippen molar-refractivity contribution in [2.45, 2.75) is 24.9 Å². The maximum Gasteiger partial charge on any atom is 0.223 e. The van der Waals surface area contributed by atoms with Gasteiger partial charge in [0.05, 0.1) is 0 Å². The van der Waals surface area contributed by atoms with Gasteiger partial charge in [-0.3, -0.25) is 4.79 Å². The first-order valence-electron chi connectivity index (χ1n) is 9.97. The van der Waals surface area contributed by atoms with Gasteiger partial charge in [-0.2, -0.15) is 0 Å². The molecule has 0 spiro atoms. The Kier molecular flexibility index (Phi) is 6.65. The number of halogens is 2. The number of carbonyl (C=O) groups excluding carboxylic acids is 1. The molecule has 1 aliphatic heterocycles. The summed E-state index contributed by atoms with van der Waals surface area (Å²) < 4.78 is 26.9. The topological polar surface area (TPSA) is 43.8 Å². The third kappa shape index (κ3) is 4.82. The number of amides is 1. The monoisotopic (exact) mass is 402 g/mol. The van der Waals surface area contributed by atoms with Crippen LogP contribution in [0, 0.1) is 17.6 Å². The standard InChI is InChI=1S/C23H28F2N2O2/c1-26(2)22(28)13-16-27-14-11-19(12-15-27)23(29,17-3-7-20(24)8-4-17)18-5-9-21(25)10-6-18/h3-10,19,29H,11-16H2,1-2H3. The van der Waals surface area contributed by atoms with Gasteiger partial charge in [0, 0.05) is 27.1 Å². The van der Waals surface area contributed by atoms with Gasteiger partial charge in [0.15, 0.2) is 0 Å². The number of rotatable bonds is 6. The maximum absolute atomic E-state index is 13.5. The first-order valence-corrected chi connectivity index (χ1v) is 9.97. The summed E-state index contributed by atoms with van der Waals surface area (Å²) in [5, 5.41) is 11.8. The van der Waals surface area contributed by atoms with Gasteiger partial charge in [-0.25, -0.2) is 8.78 Å². The van der Waals surface area contributed by atoms with Crippen molar-refractivity contribution >= 4 is 5.91 Å². The third-order valence-electron chi connectivity index (χ3n) is 5.89. The molecule has 0 saturated carbocycles. The molecular formula is C23H28F2N2O2. The first kappa shape index (κ1) is 21.4. The Bertz CT molecular complexity index is 768. The normalized spacial score (nSPS) is 16.0. The van der Waals surface area contributed by atoms with E-state index in [1.165, 1.54) is 24.3 Å². The largest absolute Gasteiger partial charge is 0.380 e. The lowest BCUT2D eigenvalue weighted by Crippen LogP contribution is -2.45. The summed E-state index contributed by atoms with van der Waals surface area (Å²) in [5.41, 5.74) is -0.120. The van der Waals surface area contributed by atoms with E-state index < -0.39 is 5.60 Å². The molecule has 2 aromatic rings. The van der Waals surface area contributed by atoms with E-state index in [9.17, 15) is 18.7 Å². The van der Waals surface area contributed by atoms with Gasteiger partial charge in [0.1, 0.15) is 17.2 Å². The number of hydrogen-bond donors (Lipinski definition) is 1. The van der Waals surface area contributed by atoms with Crippen molar-refractivity contribution in [2.75, 3.05) is 33.7 Å². The molecule has 156 valence electrons. The van der Waals surface area contributed by atoms with Crippen LogP contribution in [0.3, 0.4) is 0 Å². The molecule has 1 amide bonds. The van der Waals surface area contributed by atoms with Crippen LogP contribution < -0.4 is 0 Å². The van der Waals surface area contributed by atoms with Crippen LogP contribution in [-0.4, -0.2) is 54.5 Å². The number of aliphatic hydroxyl groups is 1. The lowest BCUT2D eigenvalue weighted by molar-refractivity contribution is -0.129. The molecule has 2 aromatic carbocycles. The van der Waals surface area contributed by atoms with Crippen molar-refractivity contribution in [3.05, 3.63) is 71.3 Å². The van der Waals surface area contributed by atoms with E-state index in [4.69, 9.17) is 0 Å². The van der Waals surface area contributed by atoms with Crippen molar-refractivity contribution in [1.82, 2.24) is 9.80 Å². The average molecular weight is 402 g/mol. The summed E-state index contributed by atoms with van der Waals surface area (Å²) in [6, 6.07) is 11.7. The van der Waals surface area contributed by atoms with Gasteiger partial charge in [0.25, 0.3) is 0 Å². The highest BCUT2D eigenvalue weighted by Crippen LogP contribution is 2.42. The highest BCUT2D eigenvalue weighted by molar-refractivity contribution is 5.75.